The zero-order valence-corrected chi connectivity index (χ0v) is 10.2. The Hall–Kier alpha value is 0.440. The SMILES string of the molecule is BrC1(C2CC2)CC1.OC1(C2CC2)CC1. The number of alkyl halides is 1. The summed E-state index contributed by atoms with van der Waals surface area (Å²) >= 11 is 3.72. The zero-order chi connectivity index (χ0) is 9.81. The predicted octanol–water partition coefficient (Wildman–Crippen LogP) is 3.25. The molecule has 0 radical (unpaired) electrons. The van der Waals surface area contributed by atoms with Gasteiger partial charge in [0.15, 0.2) is 0 Å². The lowest BCUT2D eigenvalue weighted by Gasteiger charge is -1.99. The van der Waals surface area contributed by atoms with Gasteiger partial charge >= 0.3 is 0 Å². The van der Waals surface area contributed by atoms with Gasteiger partial charge in [0.1, 0.15) is 0 Å². The average Bonchev–Trinajstić information content (AvgIpc) is 2.93. The molecule has 4 rings (SSSR count). The van der Waals surface area contributed by atoms with Gasteiger partial charge in [-0.15, -0.1) is 0 Å². The van der Waals surface area contributed by atoms with Crippen molar-refractivity contribution < 1.29 is 5.11 Å². The molecule has 0 unspecified atom stereocenters. The molecule has 4 saturated carbocycles. The lowest BCUT2D eigenvalue weighted by molar-refractivity contribution is 0.126. The van der Waals surface area contributed by atoms with Crippen LogP contribution >= 0.6 is 15.9 Å². The maximum Gasteiger partial charge on any atom is 0.0678 e. The van der Waals surface area contributed by atoms with Gasteiger partial charge in [0.2, 0.25) is 0 Å². The molecule has 0 aliphatic heterocycles. The van der Waals surface area contributed by atoms with Gasteiger partial charge in [-0.05, 0) is 63.2 Å². The van der Waals surface area contributed by atoms with Crippen LogP contribution in [-0.4, -0.2) is 15.0 Å². The second-order valence-corrected chi connectivity index (χ2v) is 7.27. The lowest BCUT2D eigenvalue weighted by atomic mass is 10.2. The fraction of sp³-hybridized carbons (Fsp3) is 1.00. The molecule has 0 heterocycles. The molecule has 14 heavy (non-hydrogen) atoms. The third-order valence-electron chi connectivity index (χ3n) is 4.14. The van der Waals surface area contributed by atoms with E-state index in [4.69, 9.17) is 0 Å². The van der Waals surface area contributed by atoms with Crippen LogP contribution in [0.25, 0.3) is 0 Å². The molecule has 0 atom stereocenters. The fourth-order valence-corrected chi connectivity index (χ4v) is 2.94. The standard InChI is InChI=1S/C6H9Br.C6H10O/c2*7-6(3-4-6)5-1-2-5/h5H,1-4H2;5,7H,1-4H2. The topological polar surface area (TPSA) is 20.2 Å². The van der Waals surface area contributed by atoms with Crippen LogP contribution < -0.4 is 0 Å². The van der Waals surface area contributed by atoms with Crippen LogP contribution in [0.2, 0.25) is 0 Å². The molecule has 0 aromatic carbocycles. The minimum atomic E-state index is -0.139. The van der Waals surface area contributed by atoms with Gasteiger partial charge in [-0.3, -0.25) is 0 Å². The van der Waals surface area contributed by atoms with Crippen LogP contribution in [0.1, 0.15) is 51.4 Å². The lowest BCUT2D eigenvalue weighted by Crippen LogP contribution is -2.07. The third-order valence-corrected chi connectivity index (χ3v) is 5.58. The molecule has 80 valence electrons. The van der Waals surface area contributed by atoms with Crippen LogP contribution in [0.5, 0.6) is 0 Å². The minimum Gasteiger partial charge on any atom is -0.390 e. The molecule has 0 bridgehead atoms. The summed E-state index contributed by atoms with van der Waals surface area (Å²) in [5.41, 5.74) is -0.139. The number of hydrogen-bond donors (Lipinski definition) is 1. The summed E-state index contributed by atoms with van der Waals surface area (Å²) < 4.78 is 0.674. The van der Waals surface area contributed by atoms with Crippen LogP contribution in [0.4, 0.5) is 0 Å². The Morgan fingerprint density at radius 2 is 1.36 bits per heavy atom. The van der Waals surface area contributed by atoms with E-state index in [1.807, 2.05) is 0 Å². The van der Waals surface area contributed by atoms with Gasteiger partial charge < -0.3 is 5.11 Å². The molecule has 0 saturated heterocycles. The molecule has 4 fully saturated rings. The Bertz CT molecular complexity index is 209. The number of hydrogen-bond acceptors (Lipinski definition) is 1. The zero-order valence-electron chi connectivity index (χ0n) is 8.64. The van der Waals surface area contributed by atoms with Crippen molar-refractivity contribution in [3.05, 3.63) is 0 Å². The predicted molar refractivity (Wildman–Crippen MR) is 60.5 cm³/mol. The average molecular weight is 259 g/mol. The van der Waals surface area contributed by atoms with Crippen LogP contribution in [0, 0.1) is 11.8 Å². The van der Waals surface area contributed by atoms with Crippen LogP contribution in [0.15, 0.2) is 0 Å². The molecule has 0 aromatic heterocycles. The van der Waals surface area contributed by atoms with E-state index in [9.17, 15) is 5.11 Å². The van der Waals surface area contributed by atoms with Gasteiger partial charge in [0, 0.05) is 4.32 Å². The highest BCUT2D eigenvalue weighted by Gasteiger charge is 2.52. The highest BCUT2D eigenvalue weighted by atomic mass is 79.9. The maximum atomic E-state index is 9.27. The van der Waals surface area contributed by atoms with Gasteiger partial charge in [0.25, 0.3) is 0 Å². The summed E-state index contributed by atoms with van der Waals surface area (Å²) in [5, 5.41) is 9.27. The summed E-state index contributed by atoms with van der Waals surface area (Å²) in [4.78, 5) is 0. The van der Waals surface area contributed by atoms with Crippen molar-refractivity contribution >= 4 is 15.9 Å². The molecule has 4 aliphatic rings. The second-order valence-electron chi connectivity index (χ2n) is 5.69. The van der Waals surface area contributed by atoms with Crippen molar-refractivity contribution in [2.75, 3.05) is 0 Å². The first-order valence-electron chi connectivity index (χ1n) is 6.04. The Labute approximate surface area is 94.4 Å². The Morgan fingerprint density at radius 3 is 1.50 bits per heavy atom. The largest absolute Gasteiger partial charge is 0.390 e. The first kappa shape index (κ1) is 9.65. The molecule has 1 N–H and O–H groups in total. The van der Waals surface area contributed by atoms with Crippen molar-refractivity contribution in [1.82, 2.24) is 0 Å². The minimum absolute atomic E-state index is 0.139. The summed E-state index contributed by atoms with van der Waals surface area (Å²) in [6.07, 6.45) is 10.6. The van der Waals surface area contributed by atoms with Gasteiger partial charge in [-0.1, -0.05) is 15.9 Å². The summed E-state index contributed by atoms with van der Waals surface area (Å²) in [6.45, 7) is 0. The number of rotatable bonds is 2. The summed E-state index contributed by atoms with van der Waals surface area (Å²) in [5.74, 6) is 1.79. The number of aliphatic hydroxyl groups is 1. The molecule has 2 heteroatoms. The maximum absolute atomic E-state index is 9.27. The molecule has 0 spiro atoms. The third kappa shape index (κ3) is 2.01. The molecule has 0 aromatic rings. The molecule has 1 nitrogen and oxygen atoms in total. The normalized spacial score (nSPS) is 35.6. The Kier molecular flexibility index (Phi) is 2.05. The van der Waals surface area contributed by atoms with Crippen molar-refractivity contribution in [3.63, 3.8) is 0 Å². The molecule has 4 aliphatic carbocycles. The van der Waals surface area contributed by atoms with E-state index in [2.05, 4.69) is 15.9 Å². The van der Waals surface area contributed by atoms with E-state index in [-0.39, 0.29) is 5.60 Å². The van der Waals surface area contributed by atoms with Crippen molar-refractivity contribution in [2.45, 2.75) is 61.3 Å². The van der Waals surface area contributed by atoms with Gasteiger partial charge in [-0.2, -0.15) is 0 Å². The van der Waals surface area contributed by atoms with Gasteiger partial charge in [-0.25, -0.2) is 0 Å². The quantitative estimate of drug-likeness (QED) is 0.755. The Morgan fingerprint density at radius 1 is 0.857 bits per heavy atom. The van der Waals surface area contributed by atoms with E-state index in [0.29, 0.717) is 10.2 Å². The summed E-state index contributed by atoms with van der Waals surface area (Å²) in [7, 11) is 0. The van der Waals surface area contributed by atoms with Crippen molar-refractivity contribution in [3.8, 4) is 0 Å². The van der Waals surface area contributed by atoms with E-state index in [0.717, 1.165) is 18.8 Å². The van der Waals surface area contributed by atoms with Crippen LogP contribution in [-0.2, 0) is 0 Å². The van der Waals surface area contributed by atoms with E-state index in [1.165, 1.54) is 38.5 Å². The monoisotopic (exact) mass is 258 g/mol. The van der Waals surface area contributed by atoms with Crippen molar-refractivity contribution in [2.24, 2.45) is 11.8 Å². The van der Waals surface area contributed by atoms with E-state index < -0.39 is 0 Å². The summed E-state index contributed by atoms with van der Waals surface area (Å²) in [6, 6.07) is 0. The Balaban J connectivity index is 0.0000000914. The fourth-order valence-electron chi connectivity index (χ4n) is 2.29. The van der Waals surface area contributed by atoms with Gasteiger partial charge in [0.05, 0.1) is 5.60 Å². The molecular formula is C12H19BrO. The molecule has 0 amide bonds. The molecular weight excluding hydrogens is 240 g/mol. The van der Waals surface area contributed by atoms with Crippen molar-refractivity contribution in [1.29, 1.82) is 0 Å². The highest BCUT2D eigenvalue weighted by Crippen LogP contribution is 2.59. The highest BCUT2D eigenvalue weighted by molar-refractivity contribution is 9.10. The van der Waals surface area contributed by atoms with E-state index in [1.54, 1.807) is 0 Å². The van der Waals surface area contributed by atoms with E-state index >= 15 is 0 Å². The second kappa shape index (κ2) is 2.98. The smallest absolute Gasteiger partial charge is 0.0678 e. The van der Waals surface area contributed by atoms with Crippen LogP contribution in [0.3, 0.4) is 0 Å². The number of halogens is 1. The first-order valence-corrected chi connectivity index (χ1v) is 6.83. The first-order chi connectivity index (χ1) is 6.62.